The van der Waals surface area contributed by atoms with E-state index < -0.39 is 0 Å². The Balaban J connectivity index is 2.05. The molecule has 1 heterocycles. The predicted molar refractivity (Wildman–Crippen MR) is 69.3 cm³/mol. The monoisotopic (exact) mass is 236 g/mol. The van der Waals surface area contributed by atoms with Crippen molar-refractivity contribution in [1.29, 1.82) is 0 Å². The van der Waals surface area contributed by atoms with Crippen LogP contribution in [0.3, 0.4) is 0 Å². The van der Waals surface area contributed by atoms with E-state index in [1.807, 2.05) is 12.2 Å². The number of carbonyl (C=O) groups is 1. The van der Waals surface area contributed by atoms with Crippen molar-refractivity contribution < 1.29 is 4.79 Å². The zero-order chi connectivity index (χ0) is 12.6. The van der Waals surface area contributed by atoms with Crippen LogP contribution in [0, 0.1) is 17.8 Å². The fourth-order valence-electron chi connectivity index (χ4n) is 3.13. The van der Waals surface area contributed by atoms with Gasteiger partial charge in [0.1, 0.15) is 0 Å². The van der Waals surface area contributed by atoms with Gasteiger partial charge < -0.3 is 10.6 Å². The van der Waals surface area contributed by atoms with Crippen LogP contribution in [0.15, 0.2) is 12.2 Å². The number of carbonyl (C=O) groups excluding carboxylic acids is 1. The predicted octanol–water partition coefficient (Wildman–Crippen LogP) is 1.78. The lowest BCUT2D eigenvalue weighted by atomic mass is 9.85. The van der Waals surface area contributed by atoms with E-state index in [9.17, 15) is 4.79 Å². The van der Waals surface area contributed by atoms with Crippen LogP contribution in [0.5, 0.6) is 0 Å². The van der Waals surface area contributed by atoms with Gasteiger partial charge in [0.2, 0.25) is 5.91 Å². The molecule has 1 aliphatic heterocycles. The summed E-state index contributed by atoms with van der Waals surface area (Å²) in [6.07, 6.45) is 5.96. The second-order valence-corrected chi connectivity index (χ2v) is 5.94. The van der Waals surface area contributed by atoms with Gasteiger partial charge in [-0.25, -0.2) is 0 Å². The van der Waals surface area contributed by atoms with Gasteiger partial charge in [-0.15, -0.1) is 0 Å². The van der Waals surface area contributed by atoms with Gasteiger partial charge in [0.15, 0.2) is 0 Å². The molecule has 2 rings (SSSR count). The maximum atomic E-state index is 12.5. The Morgan fingerprint density at radius 1 is 1.24 bits per heavy atom. The van der Waals surface area contributed by atoms with E-state index in [1.165, 1.54) is 6.42 Å². The van der Waals surface area contributed by atoms with E-state index in [0.29, 0.717) is 17.9 Å². The van der Waals surface area contributed by atoms with Gasteiger partial charge in [-0.2, -0.15) is 0 Å². The molecule has 0 aromatic rings. The molecular weight excluding hydrogens is 212 g/mol. The third kappa shape index (κ3) is 2.54. The Kier molecular flexibility index (Phi) is 3.57. The summed E-state index contributed by atoms with van der Waals surface area (Å²) in [6.45, 7) is 7.56. The number of likely N-dealkylation sites (tertiary alicyclic amines) is 1. The normalized spacial score (nSPS) is 41.9. The molecule has 2 aliphatic rings. The highest BCUT2D eigenvalue weighted by Gasteiger charge is 2.35. The fraction of sp³-hybridized carbons (Fsp3) is 0.786. The molecule has 2 N–H and O–H groups in total. The standard InChI is InChI=1S/C14H24N2O/c1-9-6-10(2)11(3)16(8-9)14(17)12-4-5-13(15)7-12/h4-5,9-13H,6-8,15H2,1-3H3. The van der Waals surface area contributed by atoms with Crippen LogP contribution in [0.2, 0.25) is 0 Å². The van der Waals surface area contributed by atoms with Crippen molar-refractivity contribution >= 4 is 5.91 Å². The van der Waals surface area contributed by atoms with Crippen molar-refractivity contribution in [2.75, 3.05) is 6.54 Å². The zero-order valence-electron chi connectivity index (χ0n) is 11.1. The van der Waals surface area contributed by atoms with Crippen LogP contribution in [-0.4, -0.2) is 29.4 Å². The number of hydrogen-bond acceptors (Lipinski definition) is 2. The number of piperidine rings is 1. The fourth-order valence-corrected chi connectivity index (χ4v) is 3.13. The van der Waals surface area contributed by atoms with Crippen molar-refractivity contribution in [2.24, 2.45) is 23.5 Å². The maximum Gasteiger partial charge on any atom is 0.229 e. The molecular formula is C14H24N2O. The minimum Gasteiger partial charge on any atom is -0.339 e. The van der Waals surface area contributed by atoms with Gasteiger partial charge >= 0.3 is 0 Å². The molecule has 3 nitrogen and oxygen atoms in total. The van der Waals surface area contributed by atoms with Crippen LogP contribution >= 0.6 is 0 Å². The van der Waals surface area contributed by atoms with E-state index >= 15 is 0 Å². The molecule has 0 radical (unpaired) electrons. The Bertz CT molecular complexity index is 326. The quantitative estimate of drug-likeness (QED) is 0.705. The molecule has 0 saturated carbocycles. The molecule has 96 valence electrons. The Hall–Kier alpha value is -0.830. The summed E-state index contributed by atoms with van der Waals surface area (Å²) in [6, 6.07) is 0.433. The van der Waals surface area contributed by atoms with E-state index in [0.717, 1.165) is 13.0 Å². The molecule has 17 heavy (non-hydrogen) atoms. The minimum atomic E-state index is 0.0185. The second kappa shape index (κ2) is 4.81. The summed E-state index contributed by atoms with van der Waals surface area (Å²) in [5.41, 5.74) is 5.82. The number of nitrogens with two attached hydrogens (primary N) is 1. The summed E-state index contributed by atoms with van der Waals surface area (Å²) in [4.78, 5) is 14.5. The number of hydrogen-bond donors (Lipinski definition) is 1. The smallest absolute Gasteiger partial charge is 0.229 e. The molecule has 0 aromatic carbocycles. The summed E-state index contributed by atoms with van der Waals surface area (Å²) >= 11 is 0. The summed E-state index contributed by atoms with van der Waals surface area (Å²) in [7, 11) is 0. The molecule has 0 aromatic heterocycles. The van der Waals surface area contributed by atoms with Gasteiger partial charge in [0.25, 0.3) is 0 Å². The molecule has 1 fully saturated rings. The average Bonchev–Trinajstić information content (AvgIpc) is 2.69. The van der Waals surface area contributed by atoms with Crippen molar-refractivity contribution in [1.82, 2.24) is 4.90 Å². The van der Waals surface area contributed by atoms with Crippen LogP contribution in [-0.2, 0) is 4.79 Å². The number of nitrogens with zero attached hydrogens (tertiary/aromatic N) is 1. The van der Waals surface area contributed by atoms with Gasteiger partial charge in [-0.05, 0) is 31.6 Å². The molecule has 5 atom stereocenters. The van der Waals surface area contributed by atoms with E-state index in [2.05, 4.69) is 25.7 Å². The largest absolute Gasteiger partial charge is 0.339 e. The molecule has 1 aliphatic carbocycles. The van der Waals surface area contributed by atoms with Crippen LogP contribution in [0.1, 0.15) is 33.6 Å². The van der Waals surface area contributed by atoms with Crippen LogP contribution in [0.25, 0.3) is 0 Å². The highest BCUT2D eigenvalue weighted by atomic mass is 16.2. The van der Waals surface area contributed by atoms with Crippen LogP contribution in [0.4, 0.5) is 0 Å². The first kappa shape index (κ1) is 12.6. The molecule has 5 unspecified atom stereocenters. The summed E-state index contributed by atoms with van der Waals surface area (Å²) < 4.78 is 0. The zero-order valence-corrected chi connectivity index (χ0v) is 11.1. The third-order valence-electron chi connectivity index (χ3n) is 4.31. The highest BCUT2D eigenvalue weighted by molar-refractivity contribution is 5.81. The molecule has 1 amide bonds. The Morgan fingerprint density at radius 2 is 1.94 bits per heavy atom. The first-order valence-electron chi connectivity index (χ1n) is 6.73. The average molecular weight is 236 g/mol. The first-order chi connectivity index (χ1) is 7.99. The van der Waals surface area contributed by atoms with Gasteiger partial charge in [-0.1, -0.05) is 26.0 Å². The van der Waals surface area contributed by atoms with Crippen molar-refractivity contribution in [3.05, 3.63) is 12.2 Å². The Labute approximate surface area is 104 Å². The lowest BCUT2D eigenvalue weighted by molar-refractivity contribution is -0.140. The first-order valence-corrected chi connectivity index (χ1v) is 6.73. The topological polar surface area (TPSA) is 46.3 Å². The molecule has 0 spiro atoms. The lowest BCUT2D eigenvalue weighted by Crippen LogP contribution is -2.50. The van der Waals surface area contributed by atoms with Crippen molar-refractivity contribution in [2.45, 2.75) is 45.7 Å². The van der Waals surface area contributed by atoms with E-state index in [4.69, 9.17) is 5.73 Å². The third-order valence-corrected chi connectivity index (χ3v) is 4.31. The number of amides is 1. The minimum absolute atomic E-state index is 0.0185. The highest BCUT2D eigenvalue weighted by Crippen LogP contribution is 2.30. The van der Waals surface area contributed by atoms with Gasteiger partial charge in [-0.3, -0.25) is 4.79 Å². The lowest BCUT2D eigenvalue weighted by Gasteiger charge is -2.42. The number of rotatable bonds is 1. The van der Waals surface area contributed by atoms with E-state index in [1.54, 1.807) is 0 Å². The molecule has 3 heteroatoms. The van der Waals surface area contributed by atoms with Crippen molar-refractivity contribution in [3.8, 4) is 0 Å². The summed E-state index contributed by atoms with van der Waals surface area (Å²) in [5.74, 6) is 1.51. The van der Waals surface area contributed by atoms with Crippen molar-refractivity contribution in [3.63, 3.8) is 0 Å². The summed E-state index contributed by atoms with van der Waals surface area (Å²) in [5, 5.41) is 0. The van der Waals surface area contributed by atoms with Gasteiger partial charge in [0.05, 0.1) is 5.92 Å². The van der Waals surface area contributed by atoms with Gasteiger partial charge in [0, 0.05) is 18.6 Å². The van der Waals surface area contributed by atoms with E-state index in [-0.39, 0.29) is 17.9 Å². The SMILES string of the molecule is CC1CC(C)C(C)N(C(=O)C2C=CC(N)C2)C1. The Morgan fingerprint density at radius 3 is 2.53 bits per heavy atom. The molecule has 0 bridgehead atoms. The molecule has 1 saturated heterocycles. The second-order valence-electron chi connectivity index (χ2n) is 5.94. The maximum absolute atomic E-state index is 12.5. The van der Waals surface area contributed by atoms with Crippen LogP contribution < -0.4 is 5.73 Å².